The molecule has 1 aromatic heterocycles. The number of carbonyl (C=O) groups is 1. The molecular weight excluding hydrogens is 256 g/mol. The first-order valence-corrected chi connectivity index (χ1v) is 6.46. The molecule has 1 unspecified atom stereocenters. The number of aryl methyl sites for hydroxylation is 1. The number of nitrogens with zero attached hydrogens (tertiary/aromatic N) is 4. The van der Waals surface area contributed by atoms with E-state index in [9.17, 15) is 9.90 Å². The summed E-state index contributed by atoms with van der Waals surface area (Å²) in [5.41, 5.74) is 0.986. The van der Waals surface area contributed by atoms with E-state index in [1.807, 2.05) is 19.1 Å². The molecule has 1 aromatic carbocycles. The minimum atomic E-state index is -0.0427. The van der Waals surface area contributed by atoms with Crippen LogP contribution in [0.15, 0.2) is 36.7 Å². The van der Waals surface area contributed by atoms with Crippen LogP contribution >= 0.6 is 0 Å². The van der Waals surface area contributed by atoms with E-state index < -0.39 is 0 Å². The van der Waals surface area contributed by atoms with Gasteiger partial charge in [-0.15, -0.1) is 5.10 Å². The van der Waals surface area contributed by atoms with Gasteiger partial charge < -0.3 is 10.0 Å². The molecule has 6 nitrogen and oxygen atoms in total. The highest BCUT2D eigenvalue weighted by Gasteiger charge is 2.17. The average Bonchev–Trinajstić information content (AvgIpc) is 2.97. The Hall–Kier alpha value is -2.37. The molecule has 0 saturated carbocycles. The molecule has 0 aliphatic rings. The number of amides is 1. The topological polar surface area (TPSA) is 71.2 Å². The van der Waals surface area contributed by atoms with Crippen LogP contribution in [0.5, 0.6) is 5.75 Å². The van der Waals surface area contributed by atoms with Crippen molar-refractivity contribution in [2.24, 2.45) is 0 Å². The molecule has 0 bridgehead atoms. The Balaban J connectivity index is 1.93. The second-order valence-electron chi connectivity index (χ2n) is 4.69. The van der Waals surface area contributed by atoms with Gasteiger partial charge >= 0.3 is 0 Å². The molecule has 2 aromatic rings. The first-order valence-electron chi connectivity index (χ1n) is 6.46. The highest BCUT2D eigenvalue weighted by atomic mass is 16.3. The van der Waals surface area contributed by atoms with Crippen LogP contribution in [-0.2, 0) is 11.3 Å². The number of aromatic nitrogens is 3. The van der Waals surface area contributed by atoms with Gasteiger partial charge in [0.1, 0.15) is 5.75 Å². The molecule has 0 saturated heterocycles. The SMILES string of the molecule is CC(c1ccc(O)cc1)N(C)C(=O)CCn1ccnn1. The molecule has 106 valence electrons. The summed E-state index contributed by atoms with van der Waals surface area (Å²) in [6.45, 7) is 2.48. The van der Waals surface area contributed by atoms with Gasteiger partial charge in [-0.2, -0.15) is 0 Å². The predicted molar refractivity (Wildman–Crippen MR) is 73.9 cm³/mol. The Kier molecular flexibility index (Phi) is 4.34. The number of benzene rings is 1. The van der Waals surface area contributed by atoms with Gasteiger partial charge in [0.2, 0.25) is 5.91 Å². The molecule has 6 heteroatoms. The lowest BCUT2D eigenvalue weighted by atomic mass is 10.1. The lowest BCUT2D eigenvalue weighted by molar-refractivity contribution is -0.132. The van der Waals surface area contributed by atoms with Gasteiger partial charge in [0, 0.05) is 19.7 Å². The fourth-order valence-electron chi connectivity index (χ4n) is 1.93. The molecule has 0 fully saturated rings. The minimum absolute atomic E-state index is 0.0427. The summed E-state index contributed by atoms with van der Waals surface area (Å²) in [4.78, 5) is 13.8. The van der Waals surface area contributed by atoms with Gasteiger partial charge in [-0.3, -0.25) is 9.48 Å². The normalized spacial score (nSPS) is 12.1. The zero-order valence-electron chi connectivity index (χ0n) is 11.6. The van der Waals surface area contributed by atoms with E-state index in [4.69, 9.17) is 0 Å². The average molecular weight is 274 g/mol. The smallest absolute Gasteiger partial charge is 0.224 e. The Morgan fingerprint density at radius 1 is 1.40 bits per heavy atom. The second kappa shape index (κ2) is 6.18. The number of aromatic hydroxyl groups is 1. The lowest BCUT2D eigenvalue weighted by Crippen LogP contribution is -2.30. The minimum Gasteiger partial charge on any atom is -0.508 e. The first-order chi connectivity index (χ1) is 9.58. The third kappa shape index (κ3) is 3.34. The van der Waals surface area contributed by atoms with E-state index in [0.717, 1.165) is 5.56 Å². The number of phenolic OH excluding ortho intramolecular Hbond substituents is 1. The van der Waals surface area contributed by atoms with Crippen LogP contribution < -0.4 is 0 Å². The van der Waals surface area contributed by atoms with Crippen LogP contribution in [-0.4, -0.2) is 38.0 Å². The van der Waals surface area contributed by atoms with Crippen molar-refractivity contribution in [2.45, 2.75) is 25.9 Å². The molecule has 1 heterocycles. The van der Waals surface area contributed by atoms with Crippen molar-refractivity contribution < 1.29 is 9.90 Å². The predicted octanol–water partition coefficient (Wildman–Crippen LogP) is 1.59. The maximum atomic E-state index is 12.1. The summed E-state index contributed by atoms with van der Waals surface area (Å²) in [5.74, 6) is 0.266. The van der Waals surface area contributed by atoms with Crippen molar-refractivity contribution >= 4 is 5.91 Å². The molecular formula is C14H18N4O2. The summed E-state index contributed by atoms with van der Waals surface area (Å²) in [6.07, 6.45) is 3.70. The maximum absolute atomic E-state index is 12.1. The van der Waals surface area contributed by atoms with Gasteiger partial charge in [0.05, 0.1) is 18.8 Å². The Labute approximate surface area is 117 Å². The highest BCUT2D eigenvalue weighted by molar-refractivity contribution is 5.76. The fourth-order valence-corrected chi connectivity index (χ4v) is 1.93. The highest BCUT2D eigenvalue weighted by Crippen LogP contribution is 2.21. The van der Waals surface area contributed by atoms with Crippen molar-refractivity contribution in [1.29, 1.82) is 0 Å². The molecule has 0 aliphatic heterocycles. The zero-order valence-corrected chi connectivity index (χ0v) is 11.6. The Morgan fingerprint density at radius 2 is 2.10 bits per heavy atom. The van der Waals surface area contributed by atoms with Crippen LogP contribution in [0.4, 0.5) is 0 Å². The number of carbonyl (C=O) groups excluding carboxylic acids is 1. The van der Waals surface area contributed by atoms with E-state index in [1.54, 1.807) is 41.2 Å². The quantitative estimate of drug-likeness (QED) is 0.898. The number of rotatable bonds is 5. The number of hydrogen-bond donors (Lipinski definition) is 1. The summed E-state index contributed by atoms with van der Waals surface area (Å²) in [5, 5.41) is 16.8. The summed E-state index contributed by atoms with van der Waals surface area (Å²) in [6, 6.07) is 6.85. The van der Waals surface area contributed by atoms with Crippen LogP contribution in [0.25, 0.3) is 0 Å². The summed E-state index contributed by atoms with van der Waals surface area (Å²) in [7, 11) is 1.78. The monoisotopic (exact) mass is 274 g/mol. The Bertz CT molecular complexity index is 551. The van der Waals surface area contributed by atoms with E-state index >= 15 is 0 Å². The Morgan fingerprint density at radius 3 is 2.70 bits per heavy atom. The van der Waals surface area contributed by atoms with Crippen LogP contribution in [0.2, 0.25) is 0 Å². The second-order valence-corrected chi connectivity index (χ2v) is 4.69. The third-order valence-corrected chi connectivity index (χ3v) is 3.38. The molecule has 1 amide bonds. The summed E-state index contributed by atoms with van der Waals surface area (Å²) < 4.78 is 1.64. The van der Waals surface area contributed by atoms with Gasteiger partial charge in [-0.1, -0.05) is 17.3 Å². The maximum Gasteiger partial charge on any atom is 0.224 e. The molecule has 0 aliphatic carbocycles. The van der Waals surface area contributed by atoms with Crippen molar-refractivity contribution in [1.82, 2.24) is 19.9 Å². The van der Waals surface area contributed by atoms with E-state index in [1.165, 1.54) is 0 Å². The van der Waals surface area contributed by atoms with Gasteiger partial charge in [0.15, 0.2) is 0 Å². The number of hydrogen-bond acceptors (Lipinski definition) is 4. The lowest BCUT2D eigenvalue weighted by Gasteiger charge is -2.25. The molecule has 1 N–H and O–H groups in total. The van der Waals surface area contributed by atoms with Crippen LogP contribution in [0.1, 0.15) is 24.9 Å². The van der Waals surface area contributed by atoms with Crippen molar-refractivity contribution in [2.75, 3.05) is 7.05 Å². The van der Waals surface area contributed by atoms with Gasteiger partial charge in [-0.05, 0) is 24.6 Å². The number of phenols is 1. The fraction of sp³-hybridized carbons (Fsp3) is 0.357. The first kappa shape index (κ1) is 14.0. The molecule has 0 radical (unpaired) electrons. The van der Waals surface area contributed by atoms with E-state index in [2.05, 4.69) is 10.3 Å². The van der Waals surface area contributed by atoms with E-state index in [0.29, 0.717) is 13.0 Å². The standard InChI is InChI=1S/C14H18N4O2/c1-11(12-3-5-13(19)6-4-12)17(2)14(20)7-9-18-10-8-15-16-18/h3-6,8,10-11,19H,7,9H2,1-2H3. The van der Waals surface area contributed by atoms with Crippen molar-refractivity contribution in [3.8, 4) is 5.75 Å². The van der Waals surface area contributed by atoms with Crippen molar-refractivity contribution in [3.05, 3.63) is 42.2 Å². The largest absolute Gasteiger partial charge is 0.508 e. The van der Waals surface area contributed by atoms with Crippen molar-refractivity contribution in [3.63, 3.8) is 0 Å². The van der Waals surface area contributed by atoms with Crippen LogP contribution in [0, 0.1) is 0 Å². The molecule has 0 spiro atoms. The molecule has 20 heavy (non-hydrogen) atoms. The molecule has 2 rings (SSSR count). The summed E-state index contributed by atoms with van der Waals surface area (Å²) >= 11 is 0. The zero-order chi connectivity index (χ0) is 14.5. The van der Waals surface area contributed by atoms with Crippen LogP contribution in [0.3, 0.4) is 0 Å². The van der Waals surface area contributed by atoms with E-state index in [-0.39, 0.29) is 17.7 Å². The van der Waals surface area contributed by atoms with Gasteiger partial charge in [0.25, 0.3) is 0 Å². The molecule has 1 atom stereocenters. The third-order valence-electron chi connectivity index (χ3n) is 3.38. The van der Waals surface area contributed by atoms with Gasteiger partial charge in [-0.25, -0.2) is 0 Å².